The number of aryl methyl sites for hydroxylation is 1. The van der Waals surface area contributed by atoms with Crippen molar-refractivity contribution < 1.29 is 14.3 Å². The van der Waals surface area contributed by atoms with Gasteiger partial charge in [-0.15, -0.1) is 0 Å². The topological polar surface area (TPSA) is 101 Å². The molecule has 9 nitrogen and oxygen atoms in total. The molecule has 0 bridgehead atoms. The maximum Gasteiger partial charge on any atom is 0.319 e. The lowest BCUT2D eigenvalue weighted by Gasteiger charge is -2.28. The van der Waals surface area contributed by atoms with Crippen molar-refractivity contribution in [3.8, 4) is 11.5 Å². The van der Waals surface area contributed by atoms with E-state index in [1.807, 2.05) is 13.0 Å². The van der Waals surface area contributed by atoms with Gasteiger partial charge in [-0.05, 0) is 38.3 Å². The van der Waals surface area contributed by atoms with Crippen molar-refractivity contribution in [2.24, 2.45) is 0 Å². The number of carbonyl (C=O) groups excluding carboxylic acids is 1. The largest absolute Gasteiger partial charge is 0.493 e. The summed E-state index contributed by atoms with van der Waals surface area (Å²) in [5.74, 6) is 3.49. The smallest absolute Gasteiger partial charge is 0.319 e. The van der Waals surface area contributed by atoms with Gasteiger partial charge in [-0.1, -0.05) is 6.07 Å². The number of anilines is 3. The Morgan fingerprint density at radius 3 is 2.63 bits per heavy atom. The lowest BCUT2D eigenvalue weighted by atomic mass is 10.1. The Labute approximate surface area is 177 Å². The number of carbonyl (C=O) groups is 1. The summed E-state index contributed by atoms with van der Waals surface area (Å²) in [6.45, 7) is 4.93. The molecule has 2 amide bonds. The summed E-state index contributed by atoms with van der Waals surface area (Å²) in [6.07, 6.45) is 3.67. The third-order valence-electron chi connectivity index (χ3n) is 4.87. The number of urea groups is 1. The molecule has 0 unspecified atom stereocenters. The van der Waals surface area contributed by atoms with E-state index in [0.717, 1.165) is 30.5 Å². The second-order valence-corrected chi connectivity index (χ2v) is 7.06. The van der Waals surface area contributed by atoms with E-state index in [1.165, 1.54) is 26.4 Å². The monoisotopic (exact) mass is 414 g/mol. The number of amides is 2. The fraction of sp³-hybridized carbons (Fsp3) is 0.476. The van der Waals surface area contributed by atoms with Crippen molar-refractivity contribution in [2.45, 2.75) is 26.2 Å². The zero-order valence-electron chi connectivity index (χ0n) is 17.8. The highest BCUT2D eigenvalue weighted by molar-refractivity contribution is 5.91. The van der Waals surface area contributed by atoms with E-state index in [9.17, 15) is 4.79 Å². The second-order valence-electron chi connectivity index (χ2n) is 7.06. The van der Waals surface area contributed by atoms with Gasteiger partial charge in [-0.2, -0.15) is 0 Å². The van der Waals surface area contributed by atoms with Crippen molar-refractivity contribution in [3.63, 3.8) is 0 Å². The quantitative estimate of drug-likeness (QED) is 0.571. The molecule has 1 saturated heterocycles. The van der Waals surface area contributed by atoms with Crippen LogP contribution in [0.5, 0.6) is 11.5 Å². The van der Waals surface area contributed by atoms with Gasteiger partial charge in [0.15, 0.2) is 11.5 Å². The molecule has 1 aliphatic rings. The highest BCUT2D eigenvalue weighted by atomic mass is 16.5. The van der Waals surface area contributed by atoms with Crippen LogP contribution in [-0.4, -0.2) is 56.4 Å². The minimum Gasteiger partial charge on any atom is -0.493 e. The summed E-state index contributed by atoms with van der Waals surface area (Å²) in [5, 5.41) is 8.86. The SMILES string of the molecule is COc1cccc(NC(=O)NCCNc2cc(N3CCCCC3)nc(C)n2)c1OC. The molecule has 30 heavy (non-hydrogen) atoms. The number of hydrogen-bond donors (Lipinski definition) is 3. The van der Waals surface area contributed by atoms with E-state index in [1.54, 1.807) is 25.3 Å². The van der Waals surface area contributed by atoms with Gasteiger partial charge in [0, 0.05) is 32.2 Å². The number of methoxy groups -OCH3 is 2. The van der Waals surface area contributed by atoms with Gasteiger partial charge < -0.3 is 30.3 Å². The van der Waals surface area contributed by atoms with Crippen LogP contribution in [0.25, 0.3) is 0 Å². The molecule has 1 aliphatic heterocycles. The molecule has 1 fully saturated rings. The standard InChI is InChI=1S/C21H30N6O3/c1-15-24-18(14-19(25-15)27-12-5-4-6-13-27)22-10-11-23-21(28)26-16-8-7-9-17(29-2)20(16)30-3/h7-9,14H,4-6,10-13H2,1-3H3,(H,22,24,25)(H2,23,26,28). The van der Waals surface area contributed by atoms with Gasteiger partial charge in [0.05, 0.1) is 19.9 Å². The van der Waals surface area contributed by atoms with Crippen molar-refractivity contribution in [1.29, 1.82) is 0 Å². The average molecular weight is 415 g/mol. The van der Waals surface area contributed by atoms with Crippen molar-refractivity contribution >= 4 is 23.4 Å². The van der Waals surface area contributed by atoms with Gasteiger partial charge in [0.2, 0.25) is 0 Å². The van der Waals surface area contributed by atoms with Crippen LogP contribution in [0.2, 0.25) is 0 Å². The molecule has 9 heteroatoms. The fourth-order valence-electron chi connectivity index (χ4n) is 3.45. The molecule has 0 saturated carbocycles. The van der Waals surface area contributed by atoms with Gasteiger partial charge in [0.25, 0.3) is 0 Å². The van der Waals surface area contributed by atoms with Crippen LogP contribution >= 0.6 is 0 Å². The van der Waals surface area contributed by atoms with Crippen LogP contribution in [0, 0.1) is 6.92 Å². The maximum atomic E-state index is 12.2. The lowest BCUT2D eigenvalue weighted by molar-refractivity contribution is 0.252. The van der Waals surface area contributed by atoms with Crippen LogP contribution in [0.4, 0.5) is 22.1 Å². The third kappa shape index (κ3) is 5.65. The molecule has 2 aromatic rings. The maximum absolute atomic E-state index is 12.2. The van der Waals surface area contributed by atoms with Crippen LogP contribution in [-0.2, 0) is 0 Å². The Hall–Kier alpha value is -3.23. The summed E-state index contributed by atoms with van der Waals surface area (Å²) in [4.78, 5) is 23.5. The molecule has 1 aromatic heterocycles. The lowest BCUT2D eigenvalue weighted by Crippen LogP contribution is -2.33. The Morgan fingerprint density at radius 2 is 1.90 bits per heavy atom. The summed E-state index contributed by atoms with van der Waals surface area (Å²) in [7, 11) is 3.09. The number of para-hydroxylation sites is 1. The number of rotatable bonds is 8. The number of piperidine rings is 1. The number of nitrogens with zero attached hydrogens (tertiary/aromatic N) is 3. The highest BCUT2D eigenvalue weighted by Crippen LogP contribution is 2.34. The Kier molecular flexibility index (Phi) is 7.53. The number of aromatic nitrogens is 2. The van der Waals surface area contributed by atoms with Gasteiger partial charge >= 0.3 is 6.03 Å². The Morgan fingerprint density at radius 1 is 1.10 bits per heavy atom. The number of hydrogen-bond acceptors (Lipinski definition) is 7. The normalized spacial score (nSPS) is 13.5. The van der Waals surface area contributed by atoms with Gasteiger partial charge in [-0.25, -0.2) is 14.8 Å². The molecule has 3 rings (SSSR count). The summed E-state index contributed by atoms with van der Waals surface area (Å²) >= 11 is 0. The van der Waals surface area contributed by atoms with E-state index >= 15 is 0 Å². The molecular weight excluding hydrogens is 384 g/mol. The number of nitrogens with one attached hydrogen (secondary N) is 3. The van der Waals surface area contributed by atoms with Crippen LogP contribution < -0.4 is 30.3 Å². The Bertz CT molecular complexity index is 855. The van der Waals surface area contributed by atoms with Gasteiger partial charge in [0.1, 0.15) is 17.5 Å². The Balaban J connectivity index is 1.49. The first-order valence-corrected chi connectivity index (χ1v) is 10.2. The molecule has 162 valence electrons. The van der Waals surface area contributed by atoms with Crippen LogP contribution in [0.15, 0.2) is 24.3 Å². The first-order valence-electron chi connectivity index (χ1n) is 10.2. The predicted octanol–water partition coefficient (Wildman–Crippen LogP) is 3.03. The predicted molar refractivity (Wildman–Crippen MR) is 118 cm³/mol. The molecule has 1 aromatic carbocycles. The van der Waals surface area contributed by atoms with Crippen LogP contribution in [0.1, 0.15) is 25.1 Å². The zero-order valence-corrected chi connectivity index (χ0v) is 17.8. The zero-order chi connectivity index (χ0) is 21.3. The molecule has 0 atom stereocenters. The molecule has 3 N–H and O–H groups in total. The van der Waals surface area contributed by atoms with E-state index in [-0.39, 0.29) is 6.03 Å². The van der Waals surface area contributed by atoms with Crippen molar-refractivity contribution in [3.05, 3.63) is 30.1 Å². The molecule has 0 spiro atoms. The first-order chi connectivity index (χ1) is 14.6. The fourth-order valence-corrected chi connectivity index (χ4v) is 3.45. The van der Waals surface area contributed by atoms with E-state index < -0.39 is 0 Å². The minimum atomic E-state index is -0.323. The third-order valence-corrected chi connectivity index (χ3v) is 4.87. The van der Waals surface area contributed by atoms with Crippen molar-refractivity contribution in [2.75, 3.05) is 55.9 Å². The summed E-state index contributed by atoms with van der Waals surface area (Å²) < 4.78 is 10.6. The molecule has 2 heterocycles. The highest BCUT2D eigenvalue weighted by Gasteiger charge is 2.14. The first kappa shape index (κ1) is 21.5. The number of benzene rings is 1. The number of ether oxygens (including phenoxy) is 2. The molecule has 0 radical (unpaired) electrons. The minimum absolute atomic E-state index is 0.323. The second kappa shape index (κ2) is 10.5. The van der Waals surface area contributed by atoms with E-state index in [4.69, 9.17) is 9.47 Å². The average Bonchev–Trinajstić information content (AvgIpc) is 2.76. The van der Waals surface area contributed by atoms with E-state index in [0.29, 0.717) is 30.3 Å². The molecule has 0 aliphatic carbocycles. The summed E-state index contributed by atoms with van der Waals surface area (Å²) in [6, 6.07) is 6.96. The van der Waals surface area contributed by atoms with E-state index in [2.05, 4.69) is 30.8 Å². The van der Waals surface area contributed by atoms with Gasteiger partial charge in [-0.3, -0.25) is 0 Å². The summed E-state index contributed by atoms with van der Waals surface area (Å²) in [5.41, 5.74) is 0.542. The van der Waals surface area contributed by atoms with Crippen molar-refractivity contribution in [1.82, 2.24) is 15.3 Å². The van der Waals surface area contributed by atoms with Crippen LogP contribution in [0.3, 0.4) is 0 Å². The molecular formula is C21H30N6O3.